The Morgan fingerprint density at radius 2 is 2.23 bits per heavy atom. The van der Waals surface area contributed by atoms with Gasteiger partial charge in [0, 0.05) is 0 Å². The lowest BCUT2D eigenvalue weighted by Gasteiger charge is -1.96. The minimum Gasteiger partial charge on any atom is -0.469 e. The van der Waals surface area contributed by atoms with Gasteiger partial charge in [0.25, 0.3) is 0 Å². The van der Waals surface area contributed by atoms with Crippen molar-refractivity contribution in [2.45, 2.75) is 6.42 Å². The van der Waals surface area contributed by atoms with E-state index in [0.717, 1.165) is 6.33 Å². The molecular formula is C7H7N3O3. The highest BCUT2D eigenvalue weighted by Crippen LogP contribution is 1.96. The largest absolute Gasteiger partial charge is 0.469 e. The maximum absolute atomic E-state index is 11.2. The summed E-state index contributed by atoms with van der Waals surface area (Å²) < 4.78 is 4.32. The van der Waals surface area contributed by atoms with Crippen LogP contribution in [0.3, 0.4) is 0 Å². The summed E-state index contributed by atoms with van der Waals surface area (Å²) in [6, 6.07) is 0. The lowest BCUT2D eigenvalue weighted by Crippen LogP contribution is -2.11. The van der Waals surface area contributed by atoms with Crippen molar-refractivity contribution < 1.29 is 14.3 Å². The van der Waals surface area contributed by atoms with Crippen molar-refractivity contribution in [1.29, 1.82) is 0 Å². The number of ketones is 1. The van der Waals surface area contributed by atoms with Gasteiger partial charge in [0.05, 0.1) is 13.3 Å². The quantitative estimate of drug-likeness (QED) is 0.359. The number of carbonyl (C=O) groups is 2. The summed E-state index contributed by atoms with van der Waals surface area (Å²) in [7, 11) is 1.22. The van der Waals surface area contributed by atoms with Crippen LogP contribution in [0.2, 0.25) is 0 Å². The maximum Gasteiger partial charge on any atom is 0.313 e. The van der Waals surface area contributed by atoms with E-state index < -0.39 is 11.8 Å². The maximum atomic E-state index is 11.2. The molecule has 1 aromatic rings. The molecule has 0 aliphatic carbocycles. The van der Waals surface area contributed by atoms with E-state index in [9.17, 15) is 9.59 Å². The summed E-state index contributed by atoms with van der Waals surface area (Å²) >= 11 is 0. The summed E-state index contributed by atoms with van der Waals surface area (Å²) in [6.07, 6.45) is 2.02. The molecule has 0 aliphatic heterocycles. The number of aromatic nitrogens is 3. The van der Waals surface area contributed by atoms with Crippen LogP contribution in [0.4, 0.5) is 0 Å². The van der Waals surface area contributed by atoms with Gasteiger partial charge in [-0.2, -0.15) is 5.10 Å². The smallest absolute Gasteiger partial charge is 0.313 e. The molecule has 1 aromatic heterocycles. The van der Waals surface area contributed by atoms with Gasteiger partial charge in [0.15, 0.2) is 5.78 Å². The molecule has 0 amide bonds. The molecule has 1 heterocycles. The van der Waals surface area contributed by atoms with Gasteiger partial charge in [-0.1, -0.05) is 0 Å². The van der Waals surface area contributed by atoms with Crippen LogP contribution in [0.5, 0.6) is 0 Å². The molecule has 6 nitrogen and oxygen atoms in total. The molecule has 0 bridgehead atoms. The molecule has 0 spiro atoms. The zero-order valence-corrected chi connectivity index (χ0v) is 6.93. The van der Waals surface area contributed by atoms with E-state index in [2.05, 4.69) is 19.9 Å². The predicted octanol–water partition coefficient (Wildman–Crippen LogP) is -0.383. The van der Waals surface area contributed by atoms with Gasteiger partial charge in [0.1, 0.15) is 18.4 Å². The third kappa shape index (κ3) is 2.58. The van der Waals surface area contributed by atoms with E-state index in [1.54, 1.807) is 0 Å². The number of methoxy groups -OCH3 is 1. The molecule has 0 atom stereocenters. The Bertz CT molecular complexity index is 312. The monoisotopic (exact) mass is 181 g/mol. The molecular weight excluding hydrogens is 174 g/mol. The highest BCUT2D eigenvalue weighted by molar-refractivity contribution is 6.04. The molecule has 13 heavy (non-hydrogen) atoms. The van der Waals surface area contributed by atoms with Crippen molar-refractivity contribution in [1.82, 2.24) is 15.2 Å². The zero-order chi connectivity index (χ0) is 9.68. The van der Waals surface area contributed by atoms with E-state index in [0.29, 0.717) is 0 Å². The average Bonchev–Trinajstić information content (AvgIpc) is 2.19. The summed E-state index contributed by atoms with van der Waals surface area (Å²) in [5, 5.41) is 6.85. The number of carbonyl (C=O) groups excluding carboxylic acids is 2. The number of esters is 1. The number of nitrogens with zero attached hydrogens (tertiary/aromatic N) is 3. The average molecular weight is 181 g/mol. The number of rotatable bonds is 3. The van der Waals surface area contributed by atoms with Crippen molar-refractivity contribution in [3.63, 3.8) is 0 Å². The molecule has 68 valence electrons. The highest BCUT2D eigenvalue weighted by Gasteiger charge is 2.12. The molecule has 0 saturated heterocycles. The van der Waals surface area contributed by atoms with Gasteiger partial charge in [-0.05, 0) is 0 Å². The van der Waals surface area contributed by atoms with Crippen LogP contribution in [0, 0.1) is 0 Å². The van der Waals surface area contributed by atoms with Gasteiger partial charge in [-0.3, -0.25) is 9.59 Å². The number of hydrogen-bond acceptors (Lipinski definition) is 6. The van der Waals surface area contributed by atoms with Gasteiger partial charge in [-0.25, -0.2) is 4.98 Å². The van der Waals surface area contributed by atoms with Crippen molar-refractivity contribution in [3.8, 4) is 0 Å². The topological polar surface area (TPSA) is 82.0 Å². The Hall–Kier alpha value is -1.85. The first-order valence-corrected chi connectivity index (χ1v) is 3.46. The van der Waals surface area contributed by atoms with Crippen LogP contribution in [-0.2, 0) is 9.53 Å². The number of ether oxygens (including phenoxy) is 1. The first kappa shape index (κ1) is 9.24. The first-order chi connectivity index (χ1) is 6.24. The van der Waals surface area contributed by atoms with Crippen molar-refractivity contribution in [2.24, 2.45) is 0 Å². The highest BCUT2D eigenvalue weighted by atomic mass is 16.5. The van der Waals surface area contributed by atoms with Gasteiger partial charge < -0.3 is 4.74 Å². The molecule has 0 unspecified atom stereocenters. The number of Topliss-reactive ketones (excluding diaryl/α,β-unsaturated/α-hetero) is 1. The standard InChI is InChI=1S/C7H7N3O3/c1-13-7(12)2-6(11)5-3-9-10-4-8-5/h3-4H,2H2,1H3. The lowest BCUT2D eigenvalue weighted by molar-refractivity contribution is -0.139. The molecule has 6 heteroatoms. The second-order valence-corrected chi connectivity index (χ2v) is 2.17. The van der Waals surface area contributed by atoms with E-state index >= 15 is 0 Å². The van der Waals surface area contributed by atoms with E-state index in [-0.39, 0.29) is 12.1 Å². The van der Waals surface area contributed by atoms with Gasteiger partial charge in [-0.15, -0.1) is 5.10 Å². The van der Waals surface area contributed by atoms with Gasteiger partial charge in [0.2, 0.25) is 0 Å². The Morgan fingerprint density at radius 3 is 2.77 bits per heavy atom. The fourth-order valence-electron chi connectivity index (χ4n) is 0.677. The molecule has 0 N–H and O–H groups in total. The molecule has 0 radical (unpaired) electrons. The van der Waals surface area contributed by atoms with Crippen molar-refractivity contribution in [3.05, 3.63) is 18.2 Å². The lowest BCUT2D eigenvalue weighted by atomic mass is 10.2. The van der Waals surface area contributed by atoms with Crippen LogP contribution in [0.25, 0.3) is 0 Å². The molecule has 0 saturated carbocycles. The van der Waals surface area contributed by atoms with E-state index in [1.807, 2.05) is 0 Å². The SMILES string of the molecule is COC(=O)CC(=O)c1cnncn1. The Balaban J connectivity index is 2.65. The fourth-order valence-corrected chi connectivity index (χ4v) is 0.677. The van der Waals surface area contributed by atoms with E-state index in [4.69, 9.17) is 0 Å². The Kier molecular flexibility index (Phi) is 3.02. The Morgan fingerprint density at radius 1 is 1.46 bits per heavy atom. The second-order valence-electron chi connectivity index (χ2n) is 2.17. The zero-order valence-electron chi connectivity index (χ0n) is 6.93. The van der Waals surface area contributed by atoms with Gasteiger partial charge >= 0.3 is 5.97 Å². The number of hydrogen-bond donors (Lipinski definition) is 0. The van der Waals surface area contributed by atoms with Crippen LogP contribution < -0.4 is 0 Å². The second kappa shape index (κ2) is 4.24. The van der Waals surface area contributed by atoms with Crippen molar-refractivity contribution in [2.75, 3.05) is 7.11 Å². The predicted molar refractivity (Wildman–Crippen MR) is 40.8 cm³/mol. The minimum atomic E-state index is -0.594. The molecule has 1 rings (SSSR count). The first-order valence-electron chi connectivity index (χ1n) is 3.46. The molecule has 0 aromatic carbocycles. The normalized spacial score (nSPS) is 9.31. The van der Waals surface area contributed by atoms with Crippen LogP contribution in [0.1, 0.15) is 16.9 Å². The van der Waals surface area contributed by atoms with E-state index in [1.165, 1.54) is 13.3 Å². The fraction of sp³-hybridized carbons (Fsp3) is 0.286. The van der Waals surface area contributed by atoms with Crippen LogP contribution >= 0.6 is 0 Å². The summed E-state index contributed by atoms with van der Waals surface area (Å²) in [5.41, 5.74) is 0.111. The molecule has 0 aliphatic rings. The van der Waals surface area contributed by atoms with Crippen molar-refractivity contribution >= 4 is 11.8 Å². The summed E-state index contributed by atoms with van der Waals surface area (Å²) in [4.78, 5) is 25.5. The minimum absolute atomic E-state index is 0.111. The summed E-state index contributed by atoms with van der Waals surface area (Å²) in [5.74, 6) is -1.02. The third-order valence-corrected chi connectivity index (χ3v) is 1.31. The Labute approximate surface area is 74.0 Å². The summed E-state index contributed by atoms with van der Waals surface area (Å²) in [6.45, 7) is 0. The third-order valence-electron chi connectivity index (χ3n) is 1.31. The molecule has 0 fully saturated rings. The van der Waals surface area contributed by atoms with Crippen LogP contribution in [0.15, 0.2) is 12.5 Å². The van der Waals surface area contributed by atoms with Crippen LogP contribution in [-0.4, -0.2) is 34.0 Å².